The quantitative estimate of drug-likeness (QED) is 0.506. The lowest BCUT2D eigenvalue weighted by Gasteiger charge is -2.04. The van der Waals surface area contributed by atoms with E-state index in [2.05, 4.69) is 8.37 Å². The minimum absolute atomic E-state index is 0.000579. The van der Waals surface area contributed by atoms with E-state index in [1.807, 2.05) is 0 Å². The Morgan fingerprint density at radius 2 is 1.62 bits per heavy atom. The van der Waals surface area contributed by atoms with Gasteiger partial charge in [-0.1, -0.05) is 6.42 Å². The highest BCUT2D eigenvalue weighted by Crippen LogP contribution is 2.07. The molecule has 0 aromatic heterocycles. The fourth-order valence-electron chi connectivity index (χ4n) is 1.60. The zero-order valence-corrected chi connectivity index (χ0v) is 13.4. The molecule has 0 bridgehead atoms. The molecule has 0 spiro atoms. The van der Waals surface area contributed by atoms with Crippen molar-refractivity contribution in [1.29, 1.82) is 0 Å². The second-order valence-electron chi connectivity index (χ2n) is 4.82. The number of unbranched alkanes of at least 4 members (excludes halogenated alkanes) is 1. The summed E-state index contributed by atoms with van der Waals surface area (Å²) in [6, 6.07) is 0. The van der Waals surface area contributed by atoms with Gasteiger partial charge in [-0.05, 0) is 19.8 Å². The maximum Gasteiger partial charge on any atom is 0.399 e. The van der Waals surface area contributed by atoms with Gasteiger partial charge in [0.1, 0.15) is 11.6 Å². The van der Waals surface area contributed by atoms with Crippen LogP contribution in [0.4, 0.5) is 0 Å². The van der Waals surface area contributed by atoms with E-state index in [-0.39, 0.29) is 43.5 Å². The zero-order valence-electron chi connectivity index (χ0n) is 12.5. The molecule has 0 aliphatic carbocycles. The van der Waals surface area contributed by atoms with E-state index in [9.17, 15) is 18.0 Å². The lowest BCUT2D eigenvalue weighted by Crippen LogP contribution is -2.12. The predicted octanol–water partition coefficient (Wildman–Crippen LogP) is 1.14. The van der Waals surface area contributed by atoms with Crippen LogP contribution >= 0.6 is 0 Å². The molecule has 0 heterocycles. The number of carbonyl (C=O) groups is 2. The number of carbonyl (C=O) groups excluding carboxylic acids is 2. The molecule has 124 valence electrons. The highest BCUT2D eigenvalue weighted by atomic mass is 32.3. The minimum Gasteiger partial charge on any atom is -0.393 e. The molecule has 0 amide bonds. The number of ketones is 2. The Morgan fingerprint density at radius 3 is 2.14 bits per heavy atom. The molecule has 7 nitrogen and oxygen atoms in total. The largest absolute Gasteiger partial charge is 0.399 e. The van der Waals surface area contributed by atoms with Crippen LogP contribution in [-0.4, -0.2) is 44.9 Å². The summed E-state index contributed by atoms with van der Waals surface area (Å²) in [5.41, 5.74) is 0. The smallest absolute Gasteiger partial charge is 0.393 e. The predicted molar refractivity (Wildman–Crippen MR) is 75.9 cm³/mol. The van der Waals surface area contributed by atoms with Crippen LogP contribution in [0, 0.1) is 0 Å². The van der Waals surface area contributed by atoms with E-state index in [1.165, 1.54) is 0 Å². The number of hydrogen-bond acceptors (Lipinski definition) is 7. The second kappa shape index (κ2) is 10.8. The molecule has 0 saturated heterocycles. The average molecular weight is 324 g/mol. The Kier molecular flexibility index (Phi) is 10.4. The van der Waals surface area contributed by atoms with E-state index in [0.717, 1.165) is 13.5 Å². The van der Waals surface area contributed by atoms with Crippen molar-refractivity contribution >= 4 is 22.0 Å². The highest BCUT2D eigenvalue weighted by molar-refractivity contribution is 7.81. The SMILES string of the molecule is COS(=O)(=O)OCCC(=O)CCC(=O)CCCCC(C)O. The Labute approximate surface area is 126 Å². The van der Waals surface area contributed by atoms with Gasteiger partial charge < -0.3 is 5.11 Å². The summed E-state index contributed by atoms with van der Waals surface area (Å²) < 4.78 is 30.1. The summed E-state index contributed by atoms with van der Waals surface area (Å²) in [7, 11) is -3.04. The molecule has 0 radical (unpaired) electrons. The molecule has 0 rings (SSSR count). The monoisotopic (exact) mass is 324 g/mol. The first-order chi connectivity index (χ1) is 9.76. The summed E-state index contributed by atoms with van der Waals surface area (Å²) in [5.74, 6) is -0.224. The molecule has 0 saturated carbocycles. The topological polar surface area (TPSA) is 107 Å². The lowest BCUT2D eigenvalue weighted by atomic mass is 10.0. The first-order valence-electron chi connectivity index (χ1n) is 6.93. The lowest BCUT2D eigenvalue weighted by molar-refractivity contribution is -0.124. The minimum atomic E-state index is -4.01. The fourth-order valence-corrected chi connectivity index (χ4v) is 1.98. The van der Waals surface area contributed by atoms with E-state index in [1.54, 1.807) is 6.92 Å². The molecular formula is C13H24O7S. The van der Waals surface area contributed by atoms with Crippen molar-refractivity contribution in [2.45, 2.75) is 58.0 Å². The average Bonchev–Trinajstić information content (AvgIpc) is 2.41. The molecule has 1 atom stereocenters. The molecule has 0 aliphatic rings. The van der Waals surface area contributed by atoms with Crippen LogP contribution in [0.15, 0.2) is 0 Å². The van der Waals surface area contributed by atoms with Gasteiger partial charge >= 0.3 is 10.4 Å². The Bertz CT molecular complexity index is 414. The second-order valence-corrected chi connectivity index (χ2v) is 6.20. The Hall–Kier alpha value is -0.830. The third kappa shape index (κ3) is 12.6. The molecule has 0 aromatic carbocycles. The van der Waals surface area contributed by atoms with Crippen molar-refractivity contribution in [3.63, 3.8) is 0 Å². The molecular weight excluding hydrogens is 300 g/mol. The summed E-state index contributed by atoms with van der Waals surface area (Å²) in [4.78, 5) is 22.9. The van der Waals surface area contributed by atoms with Gasteiger partial charge in [0.05, 0.1) is 19.8 Å². The van der Waals surface area contributed by atoms with Crippen molar-refractivity contribution in [1.82, 2.24) is 0 Å². The van der Waals surface area contributed by atoms with E-state index < -0.39 is 10.4 Å². The summed E-state index contributed by atoms with van der Waals surface area (Å²) in [5, 5.41) is 9.06. The Balaban J connectivity index is 3.66. The molecule has 8 heteroatoms. The molecule has 1 unspecified atom stereocenters. The third-order valence-corrected chi connectivity index (χ3v) is 3.69. The van der Waals surface area contributed by atoms with Gasteiger partial charge in [-0.15, -0.1) is 0 Å². The molecule has 0 aliphatic heterocycles. The van der Waals surface area contributed by atoms with Gasteiger partial charge in [0.15, 0.2) is 0 Å². The van der Waals surface area contributed by atoms with Crippen molar-refractivity contribution in [2.75, 3.05) is 13.7 Å². The number of aliphatic hydroxyl groups is 1. The van der Waals surface area contributed by atoms with Crippen LogP contribution in [-0.2, 0) is 28.4 Å². The standard InChI is InChI=1S/C13H24O7S/c1-11(14)5-3-4-6-12(15)7-8-13(16)9-10-20-21(17,18)19-2/h11,14H,3-10H2,1-2H3. The number of aliphatic hydroxyl groups excluding tert-OH is 1. The summed E-state index contributed by atoms with van der Waals surface area (Å²) in [6.45, 7) is 1.42. The van der Waals surface area contributed by atoms with Crippen LogP contribution in [0.25, 0.3) is 0 Å². The fraction of sp³-hybridized carbons (Fsp3) is 0.846. The van der Waals surface area contributed by atoms with E-state index in [4.69, 9.17) is 5.11 Å². The van der Waals surface area contributed by atoms with Crippen molar-refractivity contribution in [2.24, 2.45) is 0 Å². The first kappa shape index (κ1) is 20.2. The van der Waals surface area contributed by atoms with Crippen molar-refractivity contribution in [3.8, 4) is 0 Å². The van der Waals surface area contributed by atoms with Crippen molar-refractivity contribution < 1.29 is 31.5 Å². The van der Waals surface area contributed by atoms with Crippen molar-refractivity contribution in [3.05, 3.63) is 0 Å². The van der Waals surface area contributed by atoms with Crippen LogP contribution in [0.1, 0.15) is 51.9 Å². The van der Waals surface area contributed by atoms with Gasteiger partial charge in [-0.3, -0.25) is 13.8 Å². The third-order valence-electron chi connectivity index (χ3n) is 2.82. The number of hydrogen-bond donors (Lipinski definition) is 1. The van der Waals surface area contributed by atoms with Gasteiger partial charge in [0.2, 0.25) is 0 Å². The highest BCUT2D eigenvalue weighted by Gasteiger charge is 2.11. The Morgan fingerprint density at radius 1 is 1.05 bits per heavy atom. The van der Waals surface area contributed by atoms with Gasteiger partial charge in [-0.2, -0.15) is 8.42 Å². The maximum atomic E-state index is 11.5. The van der Waals surface area contributed by atoms with Gasteiger partial charge in [-0.25, -0.2) is 4.18 Å². The van der Waals surface area contributed by atoms with Gasteiger partial charge in [0.25, 0.3) is 0 Å². The van der Waals surface area contributed by atoms with Crippen LogP contribution in [0.5, 0.6) is 0 Å². The molecule has 1 N–H and O–H groups in total. The van der Waals surface area contributed by atoms with Crippen LogP contribution in [0.3, 0.4) is 0 Å². The molecule has 21 heavy (non-hydrogen) atoms. The molecule has 0 fully saturated rings. The summed E-state index contributed by atoms with van der Waals surface area (Å²) >= 11 is 0. The number of Topliss-reactive ketones (excluding diaryl/α,β-unsaturated/α-hetero) is 2. The summed E-state index contributed by atoms with van der Waals surface area (Å²) in [6.07, 6.45) is 2.36. The van der Waals surface area contributed by atoms with Crippen LogP contribution < -0.4 is 0 Å². The number of rotatable bonds is 13. The first-order valence-corrected chi connectivity index (χ1v) is 8.26. The van der Waals surface area contributed by atoms with Gasteiger partial charge in [0, 0.05) is 25.7 Å². The maximum absolute atomic E-state index is 11.5. The van der Waals surface area contributed by atoms with E-state index >= 15 is 0 Å². The van der Waals surface area contributed by atoms with E-state index in [0.29, 0.717) is 19.3 Å². The normalized spacial score (nSPS) is 13.1. The van der Waals surface area contributed by atoms with Crippen LogP contribution in [0.2, 0.25) is 0 Å². The zero-order chi connectivity index (χ0) is 16.3. The molecule has 0 aromatic rings.